The lowest BCUT2D eigenvalue weighted by molar-refractivity contribution is -0.117. The molecule has 0 spiro atoms. The number of para-hydroxylation sites is 2. The number of halogens is 1. The molecule has 1 heterocycles. The molecule has 0 aliphatic carbocycles. The van der Waals surface area contributed by atoms with Crippen LogP contribution < -0.4 is 10.1 Å². The third kappa shape index (κ3) is 5.48. The van der Waals surface area contributed by atoms with Gasteiger partial charge in [0.15, 0.2) is 0 Å². The summed E-state index contributed by atoms with van der Waals surface area (Å²) in [5.41, 5.74) is 0.628. The Labute approximate surface area is 176 Å². The van der Waals surface area contributed by atoms with Gasteiger partial charge in [-0.1, -0.05) is 23.7 Å². The van der Waals surface area contributed by atoms with E-state index in [1.165, 1.54) is 16.4 Å². The van der Waals surface area contributed by atoms with E-state index in [1.807, 2.05) is 24.0 Å². The van der Waals surface area contributed by atoms with Crippen LogP contribution in [0.15, 0.2) is 53.4 Å². The molecule has 9 heteroatoms. The predicted octanol–water partition coefficient (Wildman–Crippen LogP) is 2.68. The van der Waals surface area contributed by atoms with E-state index in [2.05, 4.69) is 5.32 Å². The molecule has 0 aromatic heterocycles. The van der Waals surface area contributed by atoms with Crippen LogP contribution in [0.4, 0.5) is 5.69 Å². The van der Waals surface area contributed by atoms with Gasteiger partial charge in [0, 0.05) is 31.2 Å². The highest BCUT2D eigenvalue weighted by Gasteiger charge is 2.29. The molecule has 1 N–H and O–H groups in total. The number of hydrogen-bond acceptors (Lipinski definition) is 5. The van der Waals surface area contributed by atoms with Crippen molar-refractivity contribution >= 4 is 33.2 Å². The summed E-state index contributed by atoms with van der Waals surface area (Å²) in [6, 6.07) is 13.4. The van der Waals surface area contributed by atoms with Crippen molar-refractivity contribution in [2.24, 2.45) is 0 Å². The Morgan fingerprint density at radius 3 is 2.38 bits per heavy atom. The molecule has 0 saturated carbocycles. The normalized spacial score (nSPS) is 15.8. The second kappa shape index (κ2) is 9.58. The fourth-order valence-electron chi connectivity index (χ4n) is 3.13. The predicted molar refractivity (Wildman–Crippen MR) is 113 cm³/mol. The Morgan fingerprint density at radius 1 is 1.07 bits per heavy atom. The first-order valence-corrected chi connectivity index (χ1v) is 11.2. The lowest BCUT2D eigenvalue weighted by Gasteiger charge is -2.33. The van der Waals surface area contributed by atoms with Crippen molar-refractivity contribution in [2.45, 2.75) is 11.8 Å². The Hall–Kier alpha value is -2.13. The molecule has 0 bridgehead atoms. The van der Waals surface area contributed by atoms with Crippen molar-refractivity contribution in [3.05, 3.63) is 53.6 Å². The van der Waals surface area contributed by atoms with E-state index >= 15 is 0 Å². The number of carbonyl (C=O) groups is 1. The summed E-state index contributed by atoms with van der Waals surface area (Å²) in [7, 11) is -3.56. The van der Waals surface area contributed by atoms with Crippen LogP contribution in [-0.2, 0) is 14.8 Å². The number of ether oxygens (including phenoxy) is 1. The van der Waals surface area contributed by atoms with Gasteiger partial charge in [0.2, 0.25) is 15.9 Å². The van der Waals surface area contributed by atoms with Crippen molar-refractivity contribution in [3.63, 3.8) is 0 Å². The van der Waals surface area contributed by atoms with Gasteiger partial charge >= 0.3 is 0 Å². The summed E-state index contributed by atoms with van der Waals surface area (Å²) in [6.07, 6.45) is 0. The number of carbonyl (C=O) groups excluding carboxylic acids is 1. The molecule has 1 saturated heterocycles. The molecular formula is C20H24ClN3O4S. The molecule has 1 fully saturated rings. The molecule has 2 aromatic rings. The molecule has 29 heavy (non-hydrogen) atoms. The minimum Gasteiger partial charge on any atom is -0.492 e. The third-order valence-corrected chi connectivity index (χ3v) is 6.78. The highest BCUT2D eigenvalue weighted by atomic mass is 35.5. The largest absolute Gasteiger partial charge is 0.492 e. The molecular weight excluding hydrogens is 414 g/mol. The zero-order valence-corrected chi connectivity index (χ0v) is 17.7. The Kier molecular flexibility index (Phi) is 7.13. The van der Waals surface area contributed by atoms with Crippen molar-refractivity contribution in [2.75, 3.05) is 44.6 Å². The van der Waals surface area contributed by atoms with Crippen molar-refractivity contribution in [1.29, 1.82) is 0 Å². The summed E-state index contributed by atoms with van der Waals surface area (Å²) >= 11 is 5.84. The van der Waals surface area contributed by atoms with Gasteiger partial charge in [-0.2, -0.15) is 4.31 Å². The number of anilines is 1. The van der Waals surface area contributed by atoms with Crippen LogP contribution >= 0.6 is 11.6 Å². The van der Waals surface area contributed by atoms with E-state index in [9.17, 15) is 13.2 Å². The Balaban J connectivity index is 1.54. The quantitative estimate of drug-likeness (QED) is 0.720. The molecule has 1 aliphatic heterocycles. The lowest BCUT2D eigenvalue weighted by Crippen LogP contribution is -2.50. The maximum Gasteiger partial charge on any atom is 0.243 e. The van der Waals surface area contributed by atoms with Crippen LogP contribution in [0.3, 0.4) is 0 Å². The average molecular weight is 438 g/mol. The number of rotatable bonds is 7. The summed E-state index contributed by atoms with van der Waals surface area (Å²) in [5, 5.41) is 3.36. The van der Waals surface area contributed by atoms with E-state index < -0.39 is 10.0 Å². The number of amides is 1. The molecule has 1 aliphatic rings. The third-order valence-electron chi connectivity index (χ3n) is 4.61. The standard InChI is InChI=1S/C20H24ClN3O4S/c1-2-28-19-6-4-3-5-18(19)22-20(25)15-23-11-13-24(14-12-23)29(26,27)17-9-7-16(21)8-10-17/h3-10H,2,11-15H2,1H3,(H,22,25). The number of piperazine rings is 1. The van der Waals surface area contributed by atoms with E-state index in [1.54, 1.807) is 24.3 Å². The number of benzene rings is 2. The number of nitrogens with zero attached hydrogens (tertiary/aromatic N) is 2. The van der Waals surface area contributed by atoms with Crippen molar-refractivity contribution < 1.29 is 17.9 Å². The van der Waals surface area contributed by atoms with Gasteiger partial charge in [0.05, 0.1) is 23.7 Å². The van der Waals surface area contributed by atoms with Gasteiger partial charge in [-0.25, -0.2) is 8.42 Å². The first kappa shape index (κ1) is 21.6. The molecule has 156 valence electrons. The van der Waals surface area contributed by atoms with Crippen LogP contribution in [0.1, 0.15) is 6.92 Å². The molecule has 3 rings (SSSR count). The smallest absolute Gasteiger partial charge is 0.243 e. The highest BCUT2D eigenvalue weighted by molar-refractivity contribution is 7.89. The van der Waals surface area contributed by atoms with Gasteiger partial charge in [0.25, 0.3) is 0 Å². The molecule has 0 radical (unpaired) electrons. The van der Waals surface area contributed by atoms with E-state index in [4.69, 9.17) is 16.3 Å². The summed E-state index contributed by atoms with van der Waals surface area (Å²) < 4.78 is 32.4. The molecule has 0 atom stereocenters. The first-order chi connectivity index (χ1) is 13.9. The van der Waals surface area contributed by atoms with Gasteiger partial charge in [0.1, 0.15) is 5.75 Å². The van der Waals surface area contributed by atoms with Crippen LogP contribution in [0.25, 0.3) is 0 Å². The highest BCUT2D eigenvalue weighted by Crippen LogP contribution is 2.24. The fraction of sp³-hybridized carbons (Fsp3) is 0.350. The Bertz CT molecular complexity index is 942. The van der Waals surface area contributed by atoms with E-state index in [-0.39, 0.29) is 17.3 Å². The van der Waals surface area contributed by atoms with Gasteiger partial charge in [-0.05, 0) is 43.3 Å². The number of hydrogen-bond donors (Lipinski definition) is 1. The van der Waals surface area contributed by atoms with E-state index in [0.717, 1.165) is 0 Å². The minimum atomic E-state index is -3.56. The summed E-state index contributed by atoms with van der Waals surface area (Å²) in [5.74, 6) is 0.466. The summed E-state index contributed by atoms with van der Waals surface area (Å²) in [4.78, 5) is 14.6. The summed E-state index contributed by atoms with van der Waals surface area (Å²) in [6.45, 7) is 4.20. The van der Waals surface area contributed by atoms with Gasteiger partial charge in [-0.3, -0.25) is 9.69 Å². The van der Waals surface area contributed by atoms with Crippen LogP contribution in [0, 0.1) is 0 Å². The van der Waals surface area contributed by atoms with Crippen LogP contribution in [0.2, 0.25) is 5.02 Å². The van der Waals surface area contributed by atoms with Crippen molar-refractivity contribution in [1.82, 2.24) is 9.21 Å². The lowest BCUT2D eigenvalue weighted by atomic mass is 10.3. The zero-order valence-electron chi connectivity index (χ0n) is 16.2. The SMILES string of the molecule is CCOc1ccccc1NC(=O)CN1CCN(S(=O)(=O)c2ccc(Cl)cc2)CC1. The monoisotopic (exact) mass is 437 g/mol. The molecule has 2 aromatic carbocycles. The maximum atomic E-state index is 12.7. The second-order valence-electron chi connectivity index (χ2n) is 6.61. The number of sulfonamides is 1. The van der Waals surface area contributed by atoms with Crippen LogP contribution in [0.5, 0.6) is 5.75 Å². The zero-order chi connectivity index (χ0) is 20.9. The maximum absolute atomic E-state index is 12.7. The number of nitrogens with one attached hydrogen (secondary N) is 1. The molecule has 1 amide bonds. The van der Waals surface area contributed by atoms with Gasteiger partial charge < -0.3 is 10.1 Å². The first-order valence-electron chi connectivity index (χ1n) is 9.40. The molecule has 0 unspecified atom stereocenters. The average Bonchev–Trinajstić information content (AvgIpc) is 2.70. The van der Waals surface area contributed by atoms with E-state index in [0.29, 0.717) is 49.2 Å². The minimum absolute atomic E-state index is 0.161. The van der Waals surface area contributed by atoms with Gasteiger partial charge in [-0.15, -0.1) is 0 Å². The fourth-order valence-corrected chi connectivity index (χ4v) is 4.68. The van der Waals surface area contributed by atoms with Crippen molar-refractivity contribution in [3.8, 4) is 5.75 Å². The topological polar surface area (TPSA) is 79.0 Å². The molecule has 7 nitrogen and oxygen atoms in total. The van der Waals surface area contributed by atoms with Crippen LogP contribution in [-0.4, -0.2) is 62.9 Å². The Morgan fingerprint density at radius 2 is 1.72 bits per heavy atom. The second-order valence-corrected chi connectivity index (χ2v) is 8.99.